The number of nitrogens with one attached hydrogen (secondary N) is 2. The van der Waals surface area contributed by atoms with Crippen molar-refractivity contribution in [3.63, 3.8) is 0 Å². The zero-order valence-electron chi connectivity index (χ0n) is 16.2. The largest absolute Gasteiger partial charge is 0.484 e. The van der Waals surface area contributed by atoms with E-state index in [2.05, 4.69) is 15.6 Å². The second-order valence-electron chi connectivity index (χ2n) is 6.67. The number of thiocarbonyl (C=S) groups is 1. The Labute approximate surface area is 178 Å². The molecule has 0 bridgehead atoms. The van der Waals surface area contributed by atoms with Crippen molar-refractivity contribution in [1.82, 2.24) is 10.3 Å². The fourth-order valence-corrected chi connectivity index (χ4v) is 3.10. The second-order valence-corrected chi connectivity index (χ2v) is 7.08. The van der Waals surface area contributed by atoms with Crippen LogP contribution in [0.5, 0.6) is 5.75 Å². The zero-order valence-corrected chi connectivity index (χ0v) is 17.0. The average Bonchev–Trinajstić information content (AvgIpc) is 3.17. The van der Waals surface area contributed by atoms with Crippen LogP contribution in [0.15, 0.2) is 77.2 Å². The molecule has 2 N–H and O–H groups in total. The molecule has 6 nitrogen and oxygen atoms in total. The number of hydrogen-bond donors (Lipinski definition) is 2. The van der Waals surface area contributed by atoms with E-state index in [9.17, 15) is 4.79 Å². The Balaban J connectivity index is 1.31. The summed E-state index contributed by atoms with van der Waals surface area (Å²) in [4.78, 5) is 16.5. The van der Waals surface area contributed by atoms with Gasteiger partial charge in [0.1, 0.15) is 11.3 Å². The van der Waals surface area contributed by atoms with E-state index >= 15 is 0 Å². The lowest BCUT2D eigenvalue weighted by molar-refractivity contribution is -0.121. The Morgan fingerprint density at radius 2 is 1.87 bits per heavy atom. The first-order valence-electron chi connectivity index (χ1n) is 9.33. The van der Waals surface area contributed by atoms with Crippen LogP contribution in [0.1, 0.15) is 5.56 Å². The minimum Gasteiger partial charge on any atom is -0.484 e. The molecule has 0 saturated carbocycles. The maximum Gasteiger partial charge on any atom is 0.264 e. The molecule has 150 valence electrons. The number of oxazole rings is 1. The molecule has 30 heavy (non-hydrogen) atoms. The maximum absolute atomic E-state index is 12.0. The summed E-state index contributed by atoms with van der Waals surface area (Å²) in [6.45, 7) is 1.84. The average molecular weight is 417 g/mol. The van der Waals surface area contributed by atoms with Gasteiger partial charge in [0, 0.05) is 11.3 Å². The first-order valence-corrected chi connectivity index (χ1v) is 9.74. The summed E-state index contributed by atoms with van der Waals surface area (Å²) in [7, 11) is 0. The lowest BCUT2D eigenvalue weighted by Crippen LogP contribution is -2.37. The Bertz CT molecular complexity index is 1170. The number of benzene rings is 3. The number of carbonyl (C=O) groups is 1. The van der Waals surface area contributed by atoms with Gasteiger partial charge in [-0.15, -0.1) is 0 Å². The van der Waals surface area contributed by atoms with Crippen molar-refractivity contribution in [2.75, 3.05) is 11.9 Å². The van der Waals surface area contributed by atoms with E-state index < -0.39 is 0 Å². The lowest BCUT2D eigenvalue weighted by Gasteiger charge is -2.11. The molecule has 1 aromatic heterocycles. The molecular weight excluding hydrogens is 398 g/mol. The van der Waals surface area contributed by atoms with E-state index in [1.807, 2.05) is 73.7 Å². The van der Waals surface area contributed by atoms with E-state index in [1.165, 1.54) is 0 Å². The van der Waals surface area contributed by atoms with Crippen molar-refractivity contribution in [3.05, 3.63) is 78.4 Å². The number of anilines is 1. The number of aromatic nitrogens is 1. The van der Waals surface area contributed by atoms with Gasteiger partial charge in [0.15, 0.2) is 17.3 Å². The lowest BCUT2D eigenvalue weighted by atomic mass is 10.2. The molecular formula is C23H19N3O3S. The topological polar surface area (TPSA) is 76.4 Å². The van der Waals surface area contributed by atoms with Gasteiger partial charge in [0.25, 0.3) is 5.91 Å². The number of nitrogens with zero attached hydrogens (tertiary/aromatic N) is 1. The Morgan fingerprint density at radius 1 is 1.07 bits per heavy atom. The number of ether oxygens (including phenoxy) is 1. The minimum absolute atomic E-state index is 0.123. The molecule has 0 saturated heterocycles. The highest BCUT2D eigenvalue weighted by atomic mass is 32.1. The smallest absolute Gasteiger partial charge is 0.264 e. The summed E-state index contributed by atoms with van der Waals surface area (Å²) in [6, 6.07) is 22.5. The summed E-state index contributed by atoms with van der Waals surface area (Å²) < 4.78 is 11.2. The molecule has 4 aromatic rings. The molecule has 0 radical (unpaired) electrons. The second kappa shape index (κ2) is 8.75. The van der Waals surface area contributed by atoms with Gasteiger partial charge in [0.2, 0.25) is 5.89 Å². The molecule has 1 amide bonds. The molecule has 0 aliphatic carbocycles. The fraction of sp³-hybridized carbons (Fsp3) is 0.0870. The number of carbonyl (C=O) groups excluding carboxylic acids is 1. The Kier molecular flexibility index (Phi) is 5.72. The van der Waals surface area contributed by atoms with Gasteiger partial charge < -0.3 is 14.5 Å². The molecule has 0 fully saturated rings. The van der Waals surface area contributed by atoms with E-state index in [1.54, 1.807) is 6.07 Å². The molecule has 1 heterocycles. The van der Waals surface area contributed by atoms with Gasteiger partial charge in [-0.05, 0) is 73.2 Å². The highest BCUT2D eigenvalue weighted by Gasteiger charge is 2.09. The van der Waals surface area contributed by atoms with Crippen LogP contribution < -0.4 is 15.4 Å². The number of para-hydroxylation sites is 2. The standard InChI is InChI=1S/C23H19N3O3S/c1-15-5-4-6-18(13-15)28-14-21(27)26-23(30)24-17-11-9-16(10-12-17)22-25-19-7-2-3-8-20(19)29-22/h2-13H,14H2,1H3,(H2,24,26,27,30). The Hall–Kier alpha value is -3.71. The van der Waals surface area contributed by atoms with Crippen molar-refractivity contribution in [1.29, 1.82) is 0 Å². The summed E-state index contributed by atoms with van der Waals surface area (Å²) in [5.74, 6) is 0.850. The van der Waals surface area contributed by atoms with Crippen LogP contribution in [-0.2, 0) is 4.79 Å². The number of fused-ring (bicyclic) bond motifs is 1. The first-order chi connectivity index (χ1) is 14.6. The SMILES string of the molecule is Cc1cccc(OCC(=O)NC(=S)Nc2ccc(-c3nc4ccccc4o3)cc2)c1. The van der Waals surface area contributed by atoms with Crippen LogP contribution in [0, 0.1) is 6.92 Å². The van der Waals surface area contributed by atoms with E-state index in [4.69, 9.17) is 21.4 Å². The van der Waals surface area contributed by atoms with Gasteiger partial charge in [-0.3, -0.25) is 10.1 Å². The summed E-state index contributed by atoms with van der Waals surface area (Å²) >= 11 is 5.20. The van der Waals surface area contributed by atoms with Crippen molar-refractivity contribution in [2.45, 2.75) is 6.92 Å². The monoisotopic (exact) mass is 417 g/mol. The van der Waals surface area contributed by atoms with Gasteiger partial charge in [-0.25, -0.2) is 4.98 Å². The zero-order chi connectivity index (χ0) is 20.9. The van der Waals surface area contributed by atoms with Crippen LogP contribution in [0.2, 0.25) is 0 Å². The van der Waals surface area contributed by atoms with Crippen LogP contribution in [0.25, 0.3) is 22.6 Å². The van der Waals surface area contributed by atoms with Crippen molar-refractivity contribution in [3.8, 4) is 17.2 Å². The number of rotatable bonds is 5. The van der Waals surface area contributed by atoms with E-state index in [0.29, 0.717) is 11.6 Å². The minimum atomic E-state index is -0.336. The van der Waals surface area contributed by atoms with Crippen molar-refractivity contribution in [2.24, 2.45) is 0 Å². The van der Waals surface area contributed by atoms with Crippen LogP contribution in [0.4, 0.5) is 5.69 Å². The van der Waals surface area contributed by atoms with Crippen LogP contribution >= 0.6 is 12.2 Å². The number of amides is 1. The summed E-state index contributed by atoms with van der Waals surface area (Å²) in [5, 5.41) is 5.78. The van der Waals surface area contributed by atoms with Crippen molar-refractivity contribution < 1.29 is 13.9 Å². The van der Waals surface area contributed by atoms with Gasteiger partial charge in [0.05, 0.1) is 0 Å². The predicted molar refractivity (Wildman–Crippen MR) is 120 cm³/mol. The highest BCUT2D eigenvalue weighted by molar-refractivity contribution is 7.80. The third-order valence-corrected chi connectivity index (χ3v) is 4.50. The third-order valence-electron chi connectivity index (χ3n) is 4.30. The van der Waals surface area contributed by atoms with E-state index in [0.717, 1.165) is 27.9 Å². The normalized spacial score (nSPS) is 10.6. The van der Waals surface area contributed by atoms with Gasteiger partial charge in [-0.1, -0.05) is 24.3 Å². The molecule has 3 aromatic carbocycles. The van der Waals surface area contributed by atoms with Crippen molar-refractivity contribution >= 4 is 40.0 Å². The Morgan fingerprint density at radius 3 is 2.63 bits per heavy atom. The predicted octanol–water partition coefficient (Wildman–Crippen LogP) is 4.70. The quantitative estimate of drug-likeness (QED) is 0.459. The molecule has 0 atom stereocenters. The first kappa shape index (κ1) is 19.6. The van der Waals surface area contributed by atoms with Crippen LogP contribution in [0.3, 0.4) is 0 Å². The molecule has 0 aliphatic heterocycles. The van der Waals surface area contributed by atoms with Gasteiger partial charge in [-0.2, -0.15) is 0 Å². The fourth-order valence-electron chi connectivity index (χ4n) is 2.87. The molecule has 0 unspecified atom stereocenters. The molecule has 4 rings (SSSR count). The summed E-state index contributed by atoms with van der Waals surface area (Å²) in [6.07, 6.45) is 0. The van der Waals surface area contributed by atoms with Crippen LogP contribution in [-0.4, -0.2) is 22.6 Å². The molecule has 7 heteroatoms. The molecule has 0 aliphatic rings. The maximum atomic E-state index is 12.0. The third kappa shape index (κ3) is 4.82. The number of aryl methyl sites for hydroxylation is 1. The highest BCUT2D eigenvalue weighted by Crippen LogP contribution is 2.25. The number of hydrogen-bond acceptors (Lipinski definition) is 5. The van der Waals surface area contributed by atoms with Gasteiger partial charge >= 0.3 is 0 Å². The summed E-state index contributed by atoms with van der Waals surface area (Å²) in [5.41, 5.74) is 4.20. The van der Waals surface area contributed by atoms with E-state index in [-0.39, 0.29) is 17.6 Å². The molecule has 0 spiro atoms.